The molecule has 5 aromatic rings. The summed E-state index contributed by atoms with van der Waals surface area (Å²) in [5.41, 5.74) is 3.99. The van der Waals surface area contributed by atoms with Crippen LogP contribution in [0.4, 0.5) is 11.4 Å². The van der Waals surface area contributed by atoms with Crippen LogP contribution in [0, 0.1) is 6.92 Å². The summed E-state index contributed by atoms with van der Waals surface area (Å²) < 4.78 is 6.31. The molecule has 5 aromatic carbocycles. The number of thiocarbonyl (C=S) groups is 1. The van der Waals surface area contributed by atoms with E-state index in [1.165, 1.54) is 15.4 Å². The van der Waals surface area contributed by atoms with E-state index in [0.717, 1.165) is 16.3 Å². The van der Waals surface area contributed by atoms with Gasteiger partial charge in [-0.15, -0.1) is 0 Å². The second-order valence-corrected chi connectivity index (χ2v) is 10.1. The van der Waals surface area contributed by atoms with Crippen molar-refractivity contribution in [3.63, 3.8) is 0 Å². The number of ether oxygens (including phenoxy) is 1. The molecule has 41 heavy (non-hydrogen) atoms. The smallest absolute Gasteiger partial charge is 0.270 e. The molecular weight excluding hydrogens is 528 g/mol. The van der Waals surface area contributed by atoms with E-state index >= 15 is 0 Å². The maximum Gasteiger partial charge on any atom is 0.270 e. The second-order valence-electron chi connectivity index (χ2n) is 9.77. The molecule has 0 radical (unpaired) electrons. The van der Waals surface area contributed by atoms with Crippen molar-refractivity contribution in [2.75, 3.05) is 9.80 Å². The zero-order valence-corrected chi connectivity index (χ0v) is 23.2. The predicted molar refractivity (Wildman–Crippen MR) is 168 cm³/mol. The maximum absolute atomic E-state index is 14.1. The summed E-state index contributed by atoms with van der Waals surface area (Å²) in [5.74, 6) is -0.408. The van der Waals surface area contributed by atoms with Crippen molar-refractivity contribution in [3.05, 3.63) is 144 Å². The molecule has 1 aliphatic rings. The molecule has 6 rings (SSSR count). The van der Waals surface area contributed by atoms with Crippen LogP contribution in [0.15, 0.2) is 127 Å². The molecule has 0 aliphatic carbocycles. The fraction of sp³-hybridized carbons (Fsp3) is 0.0571. The number of hydrogen-bond acceptors (Lipinski definition) is 4. The Morgan fingerprint density at radius 2 is 1.24 bits per heavy atom. The van der Waals surface area contributed by atoms with Crippen molar-refractivity contribution in [3.8, 4) is 5.75 Å². The highest BCUT2D eigenvalue weighted by atomic mass is 32.1. The standard InChI is InChI=1S/C35H26N2O3S/c1-24-16-18-25(19-17-24)23-40-32-21-20-26-10-8-9-15-29(26)30(32)22-31-33(38)36(27-11-4-2-5-12-27)35(41)37(34(31)39)28-13-6-3-7-14-28/h2-22H,23H2,1H3. The average Bonchev–Trinajstić information content (AvgIpc) is 3.00. The largest absolute Gasteiger partial charge is 0.488 e. The number of nitrogens with zero attached hydrogens (tertiary/aromatic N) is 2. The van der Waals surface area contributed by atoms with Gasteiger partial charge in [-0.2, -0.15) is 0 Å². The minimum Gasteiger partial charge on any atom is -0.488 e. The van der Waals surface area contributed by atoms with Crippen LogP contribution in [0.1, 0.15) is 16.7 Å². The Labute approximate surface area is 243 Å². The van der Waals surface area contributed by atoms with Crippen LogP contribution in [0.25, 0.3) is 16.8 Å². The Morgan fingerprint density at radius 3 is 1.85 bits per heavy atom. The minimum absolute atomic E-state index is 0.0113. The van der Waals surface area contributed by atoms with Gasteiger partial charge in [-0.1, -0.05) is 96.6 Å². The number of rotatable bonds is 6. The number of carbonyl (C=O) groups excluding carboxylic acids is 2. The highest BCUT2D eigenvalue weighted by Crippen LogP contribution is 2.34. The van der Waals surface area contributed by atoms with Gasteiger partial charge in [0.15, 0.2) is 5.11 Å². The van der Waals surface area contributed by atoms with E-state index in [2.05, 4.69) is 0 Å². The first-order valence-corrected chi connectivity index (χ1v) is 13.7. The van der Waals surface area contributed by atoms with E-state index < -0.39 is 11.8 Å². The van der Waals surface area contributed by atoms with Gasteiger partial charge in [0.2, 0.25) is 0 Å². The van der Waals surface area contributed by atoms with Gasteiger partial charge in [-0.3, -0.25) is 19.4 Å². The topological polar surface area (TPSA) is 49.9 Å². The fourth-order valence-electron chi connectivity index (χ4n) is 4.88. The molecular formula is C35H26N2O3S. The molecule has 1 fully saturated rings. The summed E-state index contributed by atoms with van der Waals surface area (Å²) in [4.78, 5) is 31.0. The van der Waals surface area contributed by atoms with Gasteiger partial charge in [-0.05, 0) is 71.9 Å². The average molecular weight is 555 g/mol. The Hall–Kier alpha value is -5.07. The van der Waals surface area contributed by atoms with E-state index in [4.69, 9.17) is 17.0 Å². The molecule has 0 aromatic heterocycles. The molecule has 0 atom stereocenters. The lowest BCUT2D eigenvalue weighted by Gasteiger charge is -2.36. The number of carbonyl (C=O) groups is 2. The lowest BCUT2D eigenvalue weighted by atomic mass is 9.99. The molecule has 6 heteroatoms. The zero-order valence-electron chi connectivity index (χ0n) is 22.4. The van der Waals surface area contributed by atoms with E-state index in [1.54, 1.807) is 30.3 Å². The zero-order chi connectivity index (χ0) is 28.3. The highest BCUT2D eigenvalue weighted by Gasteiger charge is 2.41. The third-order valence-electron chi connectivity index (χ3n) is 7.01. The first-order valence-electron chi connectivity index (χ1n) is 13.3. The normalized spacial score (nSPS) is 13.6. The third-order valence-corrected chi connectivity index (χ3v) is 7.38. The quantitative estimate of drug-likeness (QED) is 0.124. The maximum atomic E-state index is 14.1. The Bertz CT molecular complexity index is 1740. The van der Waals surface area contributed by atoms with Gasteiger partial charge in [0.05, 0.1) is 11.4 Å². The molecule has 0 spiro atoms. The number of anilines is 2. The highest BCUT2D eigenvalue weighted by molar-refractivity contribution is 7.81. The molecule has 5 nitrogen and oxygen atoms in total. The molecule has 0 saturated carbocycles. The Balaban J connectivity index is 1.50. The lowest BCUT2D eigenvalue weighted by molar-refractivity contribution is -0.120. The number of hydrogen-bond donors (Lipinski definition) is 0. The third kappa shape index (κ3) is 5.13. The minimum atomic E-state index is -0.490. The van der Waals surface area contributed by atoms with Gasteiger partial charge >= 0.3 is 0 Å². The van der Waals surface area contributed by atoms with Crippen LogP contribution in [-0.2, 0) is 16.2 Å². The second kappa shape index (κ2) is 11.2. The molecule has 1 heterocycles. The van der Waals surface area contributed by atoms with Crippen molar-refractivity contribution < 1.29 is 14.3 Å². The number of amides is 2. The van der Waals surface area contributed by atoms with Crippen molar-refractivity contribution in [2.45, 2.75) is 13.5 Å². The number of benzene rings is 5. The van der Waals surface area contributed by atoms with Gasteiger partial charge in [0, 0.05) is 5.56 Å². The summed E-state index contributed by atoms with van der Waals surface area (Å²) in [6, 6.07) is 38.1. The number of para-hydroxylation sites is 2. The number of aryl methyl sites for hydroxylation is 1. The summed E-state index contributed by atoms with van der Waals surface area (Å²) in [6.07, 6.45) is 1.64. The summed E-state index contributed by atoms with van der Waals surface area (Å²) in [6.45, 7) is 2.38. The Morgan fingerprint density at radius 1 is 0.683 bits per heavy atom. The first-order chi connectivity index (χ1) is 20.0. The summed E-state index contributed by atoms with van der Waals surface area (Å²) in [5, 5.41) is 1.93. The van der Waals surface area contributed by atoms with Crippen LogP contribution in [0.2, 0.25) is 0 Å². The van der Waals surface area contributed by atoms with Crippen LogP contribution in [-0.4, -0.2) is 16.9 Å². The van der Waals surface area contributed by atoms with Crippen molar-refractivity contribution in [1.29, 1.82) is 0 Å². The van der Waals surface area contributed by atoms with Crippen LogP contribution in [0.5, 0.6) is 5.75 Å². The van der Waals surface area contributed by atoms with E-state index in [9.17, 15) is 9.59 Å². The van der Waals surface area contributed by atoms with Gasteiger partial charge in [-0.25, -0.2) is 0 Å². The SMILES string of the molecule is Cc1ccc(COc2ccc3ccccc3c2C=C2C(=O)N(c3ccccc3)C(=S)N(c3ccccc3)C2=O)cc1. The van der Waals surface area contributed by atoms with Gasteiger partial charge in [0.1, 0.15) is 17.9 Å². The monoisotopic (exact) mass is 554 g/mol. The molecule has 0 bridgehead atoms. The van der Waals surface area contributed by atoms with Crippen molar-refractivity contribution >= 4 is 57.4 Å². The van der Waals surface area contributed by atoms with E-state index in [1.807, 2.05) is 104 Å². The molecule has 0 unspecified atom stereocenters. The number of fused-ring (bicyclic) bond motifs is 1. The molecule has 1 aliphatic heterocycles. The van der Waals surface area contributed by atoms with Crippen LogP contribution in [0.3, 0.4) is 0 Å². The first kappa shape index (κ1) is 26.2. The van der Waals surface area contributed by atoms with E-state index in [-0.39, 0.29) is 10.7 Å². The predicted octanol–water partition coefficient (Wildman–Crippen LogP) is 7.48. The molecule has 2 amide bonds. The summed E-state index contributed by atoms with van der Waals surface area (Å²) >= 11 is 5.75. The van der Waals surface area contributed by atoms with Crippen LogP contribution < -0.4 is 14.5 Å². The molecule has 0 N–H and O–H groups in total. The summed E-state index contributed by atoms with van der Waals surface area (Å²) in [7, 11) is 0. The fourth-order valence-corrected chi connectivity index (χ4v) is 5.26. The van der Waals surface area contributed by atoms with Gasteiger partial charge in [0.25, 0.3) is 11.8 Å². The molecule has 200 valence electrons. The van der Waals surface area contributed by atoms with E-state index in [0.29, 0.717) is 29.3 Å². The Kier molecular flexibility index (Phi) is 7.15. The van der Waals surface area contributed by atoms with Crippen molar-refractivity contribution in [2.24, 2.45) is 0 Å². The lowest BCUT2D eigenvalue weighted by Crippen LogP contribution is -2.56. The molecule has 1 saturated heterocycles. The van der Waals surface area contributed by atoms with Gasteiger partial charge < -0.3 is 4.74 Å². The van der Waals surface area contributed by atoms with Crippen LogP contribution >= 0.6 is 12.2 Å². The van der Waals surface area contributed by atoms with Crippen molar-refractivity contribution in [1.82, 2.24) is 0 Å².